The van der Waals surface area contributed by atoms with Gasteiger partial charge in [-0.3, -0.25) is 9.59 Å². The number of nitrogens with zero attached hydrogens (tertiary/aromatic N) is 2. The number of ether oxygens (including phenoxy) is 1. The zero-order valence-electron chi connectivity index (χ0n) is 21.6. The lowest BCUT2D eigenvalue weighted by atomic mass is 10.1. The van der Waals surface area contributed by atoms with Gasteiger partial charge in [0.2, 0.25) is 21.8 Å². The Balaban J connectivity index is 1.85. The Bertz CT molecular complexity index is 1140. The number of methoxy groups -OCH3 is 1. The molecule has 0 radical (unpaired) electrons. The minimum absolute atomic E-state index is 0.116. The van der Waals surface area contributed by atoms with Crippen LogP contribution < -0.4 is 10.1 Å². The normalized spacial score (nSPS) is 15.0. The molecule has 0 bridgehead atoms. The topological polar surface area (TPSA) is 96.0 Å². The van der Waals surface area contributed by atoms with Gasteiger partial charge in [-0.2, -0.15) is 4.31 Å². The van der Waals surface area contributed by atoms with Crippen LogP contribution in [-0.2, 0) is 26.2 Å². The number of benzene rings is 2. The summed E-state index contributed by atoms with van der Waals surface area (Å²) in [6, 6.07) is 13.2. The van der Waals surface area contributed by atoms with Crippen LogP contribution in [0.3, 0.4) is 0 Å². The van der Waals surface area contributed by atoms with Crippen molar-refractivity contribution >= 4 is 21.8 Å². The van der Waals surface area contributed by atoms with Crippen molar-refractivity contribution in [2.45, 2.75) is 69.5 Å². The molecular formula is C27H37N3O5S. The largest absolute Gasteiger partial charge is 0.497 e. The number of rotatable bonds is 11. The quantitative estimate of drug-likeness (QED) is 0.494. The number of likely N-dealkylation sites (N-methyl/N-ethyl adjacent to an activating group) is 1. The lowest BCUT2D eigenvalue weighted by molar-refractivity contribution is -0.141. The summed E-state index contributed by atoms with van der Waals surface area (Å²) in [5.74, 6) is -0.00320. The van der Waals surface area contributed by atoms with Crippen molar-refractivity contribution in [1.29, 1.82) is 0 Å². The fourth-order valence-electron chi connectivity index (χ4n) is 4.51. The summed E-state index contributed by atoms with van der Waals surface area (Å²) in [6.07, 6.45) is 4.43. The van der Waals surface area contributed by atoms with Crippen molar-refractivity contribution in [1.82, 2.24) is 14.5 Å². The molecule has 1 fully saturated rings. The first-order valence-electron chi connectivity index (χ1n) is 12.4. The Morgan fingerprint density at radius 2 is 1.78 bits per heavy atom. The van der Waals surface area contributed by atoms with Gasteiger partial charge < -0.3 is 15.0 Å². The second kappa shape index (κ2) is 12.4. The average Bonchev–Trinajstić information content (AvgIpc) is 3.37. The molecule has 1 saturated carbocycles. The van der Waals surface area contributed by atoms with Crippen molar-refractivity contribution in [3.8, 4) is 5.75 Å². The van der Waals surface area contributed by atoms with E-state index in [1.807, 2.05) is 38.1 Å². The Morgan fingerprint density at radius 3 is 2.39 bits per heavy atom. The van der Waals surface area contributed by atoms with E-state index in [2.05, 4.69) is 5.32 Å². The summed E-state index contributed by atoms with van der Waals surface area (Å²) in [6.45, 7) is 3.51. The lowest BCUT2D eigenvalue weighted by Gasteiger charge is -2.32. The van der Waals surface area contributed by atoms with E-state index in [-0.39, 0.29) is 29.9 Å². The maximum Gasteiger partial charge on any atom is 0.243 e. The van der Waals surface area contributed by atoms with Gasteiger partial charge in [0, 0.05) is 19.6 Å². The van der Waals surface area contributed by atoms with Gasteiger partial charge in [-0.1, -0.05) is 49.6 Å². The molecule has 9 heteroatoms. The maximum absolute atomic E-state index is 13.6. The van der Waals surface area contributed by atoms with E-state index in [1.165, 1.54) is 24.1 Å². The zero-order chi connectivity index (χ0) is 26.3. The molecule has 0 spiro atoms. The number of carbonyl (C=O) groups is 2. The lowest BCUT2D eigenvalue weighted by Crippen LogP contribution is -2.53. The first-order valence-corrected chi connectivity index (χ1v) is 13.9. The van der Waals surface area contributed by atoms with E-state index in [9.17, 15) is 18.0 Å². The highest BCUT2D eigenvalue weighted by atomic mass is 32.2. The predicted molar refractivity (Wildman–Crippen MR) is 139 cm³/mol. The number of amides is 2. The molecule has 8 nitrogen and oxygen atoms in total. The number of aryl methyl sites for hydroxylation is 1. The summed E-state index contributed by atoms with van der Waals surface area (Å²) in [4.78, 5) is 28.5. The number of nitrogens with one attached hydrogen (secondary N) is 1. The molecule has 2 amide bonds. The average molecular weight is 516 g/mol. The molecule has 0 aromatic heterocycles. The molecule has 196 valence electrons. The highest BCUT2D eigenvalue weighted by molar-refractivity contribution is 7.89. The molecular weight excluding hydrogens is 478 g/mol. The van der Waals surface area contributed by atoms with Gasteiger partial charge in [-0.05, 0) is 56.0 Å². The Hall–Kier alpha value is -2.91. The molecule has 3 rings (SSSR count). The van der Waals surface area contributed by atoms with Crippen LogP contribution in [0.4, 0.5) is 0 Å². The molecule has 1 atom stereocenters. The minimum atomic E-state index is -3.87. The second-order valence-electron chi connectivity index (χ2n) is 9.36. The van der Waals surface area contributed by atoms with Crippen LogP contribution >= 0.6 is 0 Å². The molecule has 0 heterocycles. The molecule has 2 aromatic carbocycles. The Kier molecular flexibility index (Phi) is 9.50. The smallest absolute Gasteiger partial charge is 0.243 e. The Morgan fingerprint density at radius 1 is 1.11 bits per heavy atom. The minimum Gasteiger partial charge on any atom is -0.497 e. The van der Waals surface area contributed by atoms with E-state index < -0.39 is 22.0 Å². The molecule has 0 aliphatic heterocycles. The SMILES string of the molecule is CC[C@@H](C(=O)NC1CCCC1)N(Cc1cccc(OC)c1)C(=O)CN(C)S(=O)(=O)c1ccc(C)cc1. The Labute approximate surface area is 214 Å². The van der Waals surface area contributed by atoms with E-state index in [0.29, 0.717) is 12.2 Å². The van der Waals surface area contributed by atoms with Crippen molar-refractivity contribution in [2.24, 2.45) is 0 Å². The third kappa shape index (κ3) is 6.85. The molecule has 1 aliphatic carbocycles. The molecule has 2 aromatic rings. The van der Waals surface area contributed by atoms with Gasteiger partial charge in [0.05, 0.1) is 18.6 Å². The van der Waals surface area contributed by atoms with Crippen LogP contribution in [0.25, 0.3) is 0 Å². The standard InChI is InChI=1S/C27H37N3O5S/c1-5-25(27(32)28-22-10-6-7-11-22)30(18-21-9-8-12-23(17-21)35-4)26(31)19-29(3)36(33,34)24-15-13-20(2)14-16-24/h8-9,12-17,22,25H,5-7,10-11,18-19H2,1-4H3,(H,28,32)/t25-/m0/s1. The van der Waals surface area contributed by atoms with Gasteiger partial charge in [0.25, 0.3) is 0 Å². The third-order valence-electron chi connectivity index (χ3n) is 6.66. The van der Waals surface area contributed by atoms with E-state index in [0.717, 1.165) is 41.1 Å². The van der Waals surface area contributed by atoms with E-state index in [1.54, 1.807) is 19.2 Å². The molecule has 36 heavy (non-hydrogen) atoms. The van der Waals surface area contributed by atoms with Crippen LogP contribution in [0.1, 0.15) is 50.2 Å². The highest BCUT2D eigenvalue weighted by Crippen LogP contribution is 2.21. The summed E-state index contributed by atoms with van der Waals surface area (Å²) in [7, 11) is -0.922. The summed E-state index contributed by atoms with van der Waals surface area (Å²) in [5.41, 5.74) is 1.73. The van der Waals surface area contributed by atoms with Gasteiger partial charge in [0.15, 0.2) is 0 Å². The van der Waals surface area contributed by atoms with Crippen molar-refractivity contribution in [3.63, 3.8) is 0 Å². The van der Waals surface area contributed by atoms with Gasteiger partial charge in [-0.25, -0.2) is 8.42 Å². The zero-order valence-corrected chi connectivity index (χ0v) is 22.4. The first-order chi connectivity index (χ1) is 17.1. The number of carbonyl (C=O) groups excluding carboxylic acids is 2. The predicted octanol–water partition coefficient (Wildman–Crippen LogP) is 3.49. The van der Waals surface area contributed by atoms with Gasteiger partial charge >= 0.3 is 0 Å². The number of hydrogen-bond acceptors (Lipinski definition) is 5. The van der Waals surface area contributed by atoms with Crippen molar-refractivity contribution in [3.05, 3.63) is 59.7 Å². The molecule has 1 aliphatic rings. The van der Waals surface area contributed by atoms with Gasteiger partial charge in [0.1, 0.15) is 11.8 Å². The fraction of sp³-hybridized carbons (Fsp3) is 0.481. The summed E-state index contributed by atoms with van der Waals surface area (Å²) < 4.78 is 32.6. The molecule has 0 unspecified atom stereocenters. The van der Waals surface area contributed by atoms with Crippen molar-refractivity contribution in [2.75, 3.05) is 20.7 Å². The summed E-state index contributed by atoms with van der Waals surface area (Å²) in [5, 5.41) is 3.10. The molecule has 1 N–H and O–H groups in total. The third-order valence-corrected chi connectivity index (χ3v) is 8.48. The fourth-order valence-corrected chi connectivity index (χ4v) is 5.63. The van der Waals surface area contributed by atoms with E-state index >= 15 is 0 Å². The van der Waals surface area contributed by atoms with Crippen molar-refractivity contribution < 1.29 is 22.7 Å². The maximum atomic E-state index is 13.6. The monoisotopic (exact) mass is 515 g/mol. The summed E-state index contributed by atoms with van der Waals surface area (Å²) >= 11 is 0. The van der Waals surface area contributed by atoms with Crippen LogP contribution in [-0.4, -0.2) is 62.2 Å². The van der Waals surface area contributed by atoms with Crippen LogP contribution in [0.2, 0.25) is 0 Å². The second-order valence-corrected chi connectivity index (χ2v) is 11.4. The number of sulfonamides is 1. The first kappa shape index (κ1) is 27.7. The number of hydrogen-bond donors (Lipinski definition) is 1. The van der Waals surface area contributed by atoms with Crippen LogP contribution in [0.5, 0.6) is 5.75 Å². The van der Waals surface area contributed by atoms with Crippen LogP contribution in [0, 0.1) is 6.92 Å². The van der Waals surface area contributed by atoms with E-state index in [4.69, 9.17) is 4.74 Å². The highest BCUT2D eigenvalue weighted by Gasteiger charge is 2.33. The molecule has 0 saturated heterocycles. The van der Waals surface area contributed by atoms with Crippen LogP contribution in [0.15, 0.2) is 53.4 Å². The van der Waals surface area contributed by atoms with Gasteiger partial charge in [-0.15, -0.1) is 0 Å².